The molecule has 0 aliphatic heterocycles. The Bertz CT molecular complexity index is 666. The summed E-state index contributed by atoms with van der Waals surface area (Å²) in [5, 5.41) is 9.33. The molecule has 0 radical (unpaired) electrons. The molecule has 31 heavy (non-hydrogen) atoms. The Morgan fingerprint density at radius 3 is 1.97 bits per heavy atom. The summed E-state index contributed by atoms with van der Waals surface area (Å²) < 4.78 is 5.26. The third-order valence-electron chi connectivity index (χ3n) is 4.90. The number of rotatable bonds is 14. The number of carbonyl (C=O) groups is 4. The summed E-state index contributed by atoms with van der Waals surface area (Å²) in [6.45, 7) is 12.5. The number of amides is 2. The van der Waals surface area contributed by atoms with E-state index in [4.69, 9.17) is 16.2 Å². The summed E-state index contributed by atoms with van der Waals surface area (Å²) in [5.41, 5.74) is 9.90. The van der Waals surface area contributed by atoms with Gasteiger partial charge in [-0.3, -0.25) is 19.2 Å². The Balaban J connectivity index is 5.86. The lowest BCUT2D eigenvalue weighted by atomic mass is 9.88. The van der Waals surface area contributed by atoms with Crippen molar-refractivity contribution in [1.29, 1.82) is 0 Å². The maximum Gasteiger partial charge on any atom is 0.324 e. The summed E-state index contributed by atoms with van der Waals surface area (Å²) in [4.78, 5) is 50.5. The highest BCUT2D eigenvalue weighted by Gasteiger charge is 2.48. The van der Waals surface area contributed by atoms with Gasteiger partial charge in [0.15, 0.2) is 0 Å². The van der Waals surface area contributed by atoms with Gasteiger partial charge in [-0.1, -0.05) is 61.3 Å². The van der Waals surface area contributed by atoms with Crippen LogP contribution in [0.5, 0.6) is 0 Å². The van der Waals surface area contributed by atoms with Crippen LogP contribution in [-0.4, -0.2) is 80.0 Å². The highest BCUT2D eigenvalue weighted by molar-refractivity contribution is 9.09. The van der Waals surface area contributed by atoms with Crippen LogP contribution in [0.25, 0.3) is 0 Å². The molecule has 0 unspecified atom stereocenters. The van der Waals surface area contributed by atoms with Gasteiger partial charge in [-0.15, -0.1) is 0 Å². The van der Waals surface area contributed by atoms with Gasteiger partial charge in [0.25, 0.3) is 0 Å². The number of carboxylic acid groups (broad SMARTS) is 1. The number of hydrogen-bond donors (Lipinski definition) is 3. The van der Waals surface area contributed by atoms with Crippen molar-refractivity contribution in [3.63, 3.8) is 0 Å². The number of ether oxygens (including phenoxy) is 1. The van der Waals surface area contributed by atoms with Gasteiger partial charge in [0.1, 0.15) is 11.6 Å². The largest absolute Gasteiger partial charge is 0.481 e. The fourth-order valence-corrected chi connectivity index (χ4v) is 5.10. The van der Waals surface area contributed by atoms with Crippen LogP contribution in [-0.2, 0) is 23.9 Å². The molecular formula is C19H38BrN3O6Si2. The van der Waals surface area contributed by atoms with Gasteiger partial charge in [0.2, 0.25) is 11.8 Å². The van der Waals surface area contributed by atoms with Gasteiger partial charge in [-0.05, 0) is 12.5 Å². The van der Waals surface area contributed by atoms with E-state index in [1.165, 1.54) is 0 Å². The van der Waals surface area contributed by atoms with Crippen molar-refractivity contribution >= 4 is 55.8 Å². The van der Waals surface area contributed by atoms with Gasteiger partial charge in [0.05, 0.1) is 18.4 Å². The van der Waals surface area contributed by atoms with E-state index in [0.717, 1.165) is 10.9 Å². The molecule has 0 aromatic heterocycles. The van der Waals surface area contributed by atoms with Crippen molar-refractivity contribution < 1.29 is 29.0 Å². The zero-order valence-electron chi connectivity index (χ0n) is 19.5. The fourth-order valence-electron chi connectivity index (χ4n) is 2.92. The number of halogens is 1. The Hall–Kier alpha value is -1.25. The van der Waals surface area contributed by atoms with Crippen molar-refractivity contribution in [3.8, 4) is 0 Å². The minimum absolute atomic E-state index is 0.0838. The lowest BCUT2D eigenvalue weighted by molar-refractivity contribution is -0.154. The molecule has 0 saturated carbocycles. The zero-order chi connectivity index (χ0) is 24.6. The van der Waals surface area contributed by atoms with Crippen LogP contribution < -0.4 is 11.5 Å². The Kier molecular flexibility index (Phi) is 11.6. The number of nitrogens with zero attached hydrogens (tertiary/aromatic N) is 1. The second kappa shape index (κ2) is 12.1. The molecule has 0 rings (SSSR count). The van der Waals surface area contributed by atoms with E-state index in [1.54, 1.807) is 0 Å². The normalized spacial score (nSPS) is 15.0. The third-order valence-corrected chi connectivity index (χ3v) is 8.84. The molecule has 0 fully saturated rings. The van der Waals surface area contributed by atoms with Gasteiger partial charge < -0.3 is 26.2 Å². The quantitative estimate of drug-likeness (QED) is 0.173. The van der Waals surface area contributed by atoms with E-state index in [-0.39, 0.29) is 24.9 Å². The highest BCUT2D eigenvalue weighted by atomic mass is 79.9. The van der Waals surface area contributed by atoms with Crippen LogP contribution >= 0.6 is 15.9 Å². The first-order valence-corrected chi connectivity index (χ1v) is 18.8. The van der Waals surface area contributed by atoms with Gasteiger partial charge in [-0.2, -0.15) is 0 Å². The van der Waals surface area contributed by atoms with E-state index >= 15 is 0 Å². The van der Waals surface area contributed by atoms with E-state index in [0.29, 0.717) is 6.04 Å². The molecule has 5 N–H and O–H groups in total. The highest BCUT2D eigenvalue weighted by Crippen LogP contribution is 2.30. The molecule has 9 nitrogen and oxygen atoms in total. The molecule has 0 aromatic rings. The second-order valence-corrected chi connectivity index (χ2v) is 22.1. The van der Waals surface area contributed by atoms with Crippen LogP contribution in [0.3, 0.4) is 0 Å². The Morgan fingerprint density at radius 1 is 1.06 bits per heavy atom. The monoisotopic (exact) mass is 539 g/mol. The smallest absolute Gasteiger partial charge is 0.324 e. The predicted molar refractivity (Wildman–Crippen MR) is 130 cm³/mol. The van der Waals surface area contributed by atoms with Gasteiger partial charge >= 0.3 is 11.9 Å². The number of carbonyl (C=O) groups excluding carboxylic acids is 3. The van der Waals surface area contributed by atoms with Crippen molar-refractivity contribution in [3.05, 3.63) is 0 Å². The molecule has 0 aromatic carbocycles. The topological polar surface area (TPSA) is 153 Å². The van der Waals surface area contributed by atoms with Crippen molar-refractivity contribution in [2.24, 2.45) is 11.5 Å². The van der Waals surface area contributed by atoms with Crippen LogP contribution in [0.1, 0.15) is 12.8 Å². The number of carboxylic acids is 1. The summed E-state index contributed by atoms with van der Waals surface area (Å²) >= 11 is 3.07. The molecule has 180 valence electrons. The average Bonchev–Trinajstić information content (AvgIpc) is 2.60. The van der Waals surface area contributed by atoms with Gasteiger partial charge in [0, 0.05) is 22.7 Å². The minimum Gasteiger partial charge on any atom is -0.481 e. The van der Waals surface area contributed by atoms with Gasteiger partial charge in [-0.25, -0.2) is 0 Å². The summed E-state index contributed by atoms with van der Waals surface area (Å²) in [5.74, 6) is -3.47. The third kappa shape index (κ3) is 10.8. The standard InChI is InChI=1S/C19H38BrN3O6Si2/c1-30(2,3)9-7-19(18(22)28,11-16(25)26)23(15(24)12-20)13-14(21)17(27)29-8-10-31(4,5)6/h14H,7-13,21H2,1-6H3,(H2,22,28)(H,25,26)/t14-,19+/m1/s1. The number of aliphatic carboxylic acids is 1. The number of nitrogens with two attached hydrogens (primary N) is 2. The van der Waals surface area contributed by atoms with Crippen LogP contribution in [0.2, 0.25) is 51.4 Å². The van der Waals surface area contributed by atoms with E-state index < -0.39 is 57.9 Å². The zero-order valence-corrected chi connectivity index (χ0v) is 23.1. The Morgan fingerprint density at radius 2 is 1.58 bits per heavy atom. The number of esters is 1. The Labute approximate surface area is 195 Å². The van der Waals surface area contributed by atoms with Crippen LogP contribution in [0.15, 0.2) is 0 Å². The molecule has 0 heterocycles. The summed E-state index contributed by atoms with van der Waals surface area (Å²) in [7, 11) is -3.14. The molecule has 0 bridgehead atoms. The first-order valence-electron chi connectivity index (χ1n) is 10.3. The van der Waals surface area contributed by atoms with Crippen molar-refractivity contribution in [2.75, 3.05) is 18.5 Å². The molecule has 2 atom stereocenters. The molecule has 0 aliphatic carbocycles. The number of hydrogen-bond acceptors (Lipinski definition) is 6. The average molecular weight is 541 g/mol. The fraction of sp³-hybridized carbons (Fsp3) is 0.789. The first kappa shape index (κ1) is 29.8. The minimum atomic E-state index is -1.78. The first-order chi connectivity index (χ1) is 13.9. The molecule has 0 saturated heterocycles. The SMILES string of the molecule is C[Si](C)(C)CCOC(=O)[C@H](N)CN(C(=O)CBr)[C@@](CC[Si](C)(C)C)(CC(=O)O)C(N)=O. The van der Waals surface area contributed by atoms with Crippen molar-refractivity contribution in [1.82, 2.24) is 4.90 Å². The maximum atomic E-state index is 12.8. The lowest BCUT2D eigenvalue weighted by Gasteiger charge is -2.42. The predicted octanol–water partition coefficient (Wildman–Crippen LogP) is 1.85. The van der Waals surface area contributed by atoms with E-state index in [9.17, 15) is 24.3 Å². The number of alkyl halides is 1. The molecule has 0 spiro atoms. The number of primary amides is 1. The second-order valence-electron chi connectivity index (χ2n) is 10.2. The summed E-state index contributed by atoms with van der Waals surface area (Å²) in [6, 6.07) is 0.0882. The van der Waals surface area contributed by atoms with Crippen LogP contribution in [0, 0.1) is 0 Å². The molecule has 12 heteroatoms. The van der Waals surface area contributed by atoms with Crippen molar-refractivity contribution in [2.45, 2.75) is 75.8 Å². The van der Waals surface area contributed by atoms with E-state index in [2.05, 4.69) is 55.2 Å². The lowest BCUT2D eigenvalue weighted by Crippen LogP contribution is -2.64. The summed E-state index contributed by atoms with van der Waals surface area (Å²) in [6.07, 6.45) is -0.580. The molecular weight excluding hydrogens is 502 g/mol. The molecule has 2 amide bonds. The van der Waals surface area contributed by atoms with E-state index in [1.807, 2.05) is 0 Å². The molecule has 0 aliphatic rings. The van der Waals surface area contributed by atoms with Crippen LogP contribution in [0.4, 0.5) is 0 Å². The maximum absolute atomic E-state index is 12.8.